The highest BCUT2D eigenvalue weighted by Gasteiger charge is 2.51. The minimum atomic E-state index is -0.327. The van der Waals surface area contributed by atoms with Crippen LogP contribution in [0.1, 0.15) is 38.6 Å². The van der Waals surface area contributed by atoms with Gasteiger partial charge in [0.1, 0.15) is 5.01 Å². The van der Waals surface area contributed by atoms with Crippen LogP contribution < -0.4 is 5.46 Å². The van der Waals surface area contributed by atoms with Crippen LogP contribution >= 0.6 is 11.3 Å². The molecule has 6 heteroatoms. The van der Waals surface area contributed by atoms with E-state index in [0.717, 1.165) is 24.2 Å². The van der Waals surface area contributed by atoms with E-state index >= 15 is 0 Å². The number of nitrogens with zero attached hydrogens (tertiary/aromatic N) is 1. The van der Waals surface area contributed by atoms with E-state index < -0.39 is 0 Å². The van der Waals surface area contributed by atoms with Crippen LogP contribution in [0.2, 0.25) is 0 Å². The summed E-state index contributed by atoms with van der Waals surface area (Å²) in [4.78, 5) is 4.77. The van der Waals surface area contributed by atoms with Crippen LogP contribution in [-0.2, 0) is 14.0 Å². The number of rotatable bonds is 2. The summed E-state index contributed by atoms with van der Waals surface area (Å²) in [5.41, 5.74) is 1.43. The largest absolute Gasteiger partial charge is 0.494 e. The molecule has 2 fully saturated rings. The molecule has 0 unspecified atom stereocenters. The first-order valence-corrected chi connectivity index (χ1v) is 8.51. The van der Waals surface area contributed by atoms with E-state index in [9.17, 15) is 0 Å². The van der Waals surface area contributed by atoms with Crippen LogP contribution in [0.3, 0.4) is 0 Å². The molecule has 0 radical (unpaired) electrons. The second kappa shape index (κ2) is 4.77. The third-order valence-electron chi connectivity index (χ3n) is 4.94. The summed E-state index contributed by atoms with van der Waals surface area (Å²) in [6.07, 6.45) is 0. The highest BCUT2D eigenvalue weighted by atomic mass is 32.1. The average Bonchev–Trinajstić information content (AvgIpc) is 2.85. The number of thiazole rings is 1. The minimum Gasteiger partial charge on any atom is -0.399 e. The molecule has 2 aromatic rings. The van der Waals surface area contributed by atoms with Gasteiger partial charge in [-0.05, 0) is 45.3 Å². The van der Waals surface area contributed by atoms with E-state index in [2.05, 4.69) is 45.9 Å². The standard InChI is InChI=1S/C16H20BNO3S/c1-15(2)16(3,4)21-17(20-15)11-5-6-13-12(7-11)18-14(22-13)10-8-19-9-10/h5-7,10H,8-9H2,1-4H3. The molecule has 0 atom stereocenters. The van der Waals surface area contributed by atoms with Crippen molar-refractivity contribution in [1.82, 2.24) is 4.98 Å². The minimum absolute atomic E-state index is 0.316. The summed E-state index contributed by atoms with van der Waals surface area (Å²) in [5.74, 6) is 0.470. The zero-order chi connectivity index (χ0) is 15.5. The highest BCUT2D eigenvalue weighted by Crippen LogP contribution is 2.37. The van der Waals surface area contributed by atoms with Gasteiger partial charge in [0.2, 0.25) is 0 Å². The zero-order valence-electron chi connectivity index (χ0n) is 13.4. The first-order valence-electron chi connectivity index (χ1n) is 7.69. The first-order chi connectivity index (χ1) is 10.4. The van der Waals surface area contributed by atoms with Gasteiger partial charge in [-0.1, -0.05) is 6.07 Å². The van der Waals surface area contributed by atoms with Gasteiger partial charge < -0.3 is 14.0 Å². The van der Waals surface area contributed by atoms with E-state index in [1.165, 1.54) is 9.71 Å². The molecule has 3 heterocycles. The molecule has 4 nitrogen and oxygen atoms in total. The third kappa shape index (κ3) is 2.21. The van der Waals surface area contributed by atoms with Crippen molar-refractivity contribution in [2.75, 3.05) is 13.2 Å². The summed E-state index contributed by atoms with van der Waals surface area (Å²) in [6, 6.07) is 6.30. The lowest BCUT2D eigenvalue weighted by molar-refractivity contribution is 0.00578. The number of hydrogen-bond acceptors (Lipinski definition) is 5. The first kappa shape index (κ1) is 14.6. The Morgan fingerprint density at radius 1 is 1.14 bits per heavy atom. The molecule has 116 valence electrons. The second-order valence-corrected chi connectivity index (χ2v) is 8.16. The SMILES string of the molecule is CC1(C)OB(c2ccc3sc(C4COC4)nc3c2)OC1(C)C. The Morgan fingerprint density at radius 3 is 2.41 bits per heavy atom. The summed E-state index contributed by atoms with van der Waals surface area (Å²) in [5, 5.41) is 1.17. The van der Waals surface area contributed by atoms with Crippen LogP contribution in [0, 0.1) is 0 Å². The van der Waals surface area contributed by atoms with Crippen molar-refractivity contribution >= 4 is 34.1 Å². The Hall–Kier alpha value is -0.945. The molecule has 1 aromatic heterocycles. The van der Waals surface area contributed by atoms with Gasteiger partial charge in [0.25, 0.3) is 0 Å². The Kier molecular flexibility index (Phi) is 3.18. The topological polar surface area (TPSA) is 40.6 Å². The number of ether oxygens (including phenoxy) is 1. The van der Waals surface area contributed by atoms with E-state index in [4.69, 9.17) is 19.0 Å². The van der Waals surface area contributed by atoms with Crippen molar-refractivity contribution in [3.05, 3.63) is 23.2 Å². The number of aromatic nitrogens is 1. The van der Waals surface area contributed by atoms with Crippen molar-refractivity contribution in [2.45, 2.75) is 44.8 Å². The molecule has 0 aliphatic carbocycles. The van der Waals surface area contributed by atoms with Crippen LogP contribution in [0.4, 0.5) is 0 Å². The summed E-state index contributed by atoms with van der Waals surface area (Å²) in [7, 11) is -0.327. The number of benzene rings is 1. The average molecular weight is 317 g/mol. The van der Waals surface area contributed by atoms with Gasteiger partial charge in [0, 0.05) is 0 Å². The summed E-state index contributed by atoms with van der Waals surface area (Å²) in [6.45, 7) is 9.88. The predicted molar refractivity (Wildman–Crippen MR) is 88.9 cm³/mol. The maximum atomic E-state index is 6.12. The Balaban J connectivity index is 1.65. The van der Waals surface area contributed by atoms with E-state index in [1.807, 2.05) is 0 Å². The lowest BCUT2D eigenvalue weighted by atomic mass is 9.79. The molecule has 0 saturated carbocycles. The maximum absolute atomic E-state index is 6.12. The lowest BCUT2D eigenvalue weighted by Crippen LogP contribution is -2.41. The van der Waals surface area contributed by atoms with Gasteiger partial charge in [0.15, 0.2) is 0 Å². The third-order valence-corrected chi connectivity index (χ3v) is 6.14. The molecule has 0 spiro atoms. The van der Waals surface area contributed by atoms with E-state index in [-0.39, 0.29) is 18.3 Å². The molecular formula is C16H20BNO3S. The summed E-state index contributed by atoms with van der Waals surface area (Å²) < 4.78 is 18.7. The second-order valence-electron chi connectivity index (χ2n) is 7.10. The molecule has 22 heavy (non-hydrogen) atoms. The quantitative estimate of drug-likeness (QED) is 0.799. The molecule has 2 aliphatic rings. The van der Waals surface area contributed by atoms with Crippen LogP contribution in [0.15, 0.2) is 18.2 Å². The molecule has 2 aliphatic heterocycles. The number of hydrogen-bond donors (Lipinski definition) is 0. The van der Waals surface area contributed by atoms with Crippen molar-refractivity contribution in [3.63, 3.8) is 0 Å². The maximum Gasteiger partial charge on any atom is 0.494 e. The van der Waals surface area contributed by atoms with Crippen molar-refractivity contribution in [2.24, 2.45) is 0 Å². The molecule has 0 N–H and O–H groups in total. The smallest absolute Gasteiger partial charge is 0.399 e. The predicted octanol–water partition coefficient (Wildman–Crippen LogP) is 2.71. The van der Waals surface area contributed by atoms with Crippen LogP contribution in [-0.4, -0.2) is 36.5 Å². The fourth-order valence-corrected chi connectivity index (χ4v) is 3.66. The van der Waals surface area contributed by atoms with Gasteiger partial charge in [-0.25, -0.2) is 4.98 Å². The Bertz CT molecular complexity index is 707. The fourth-order valence-electron chi connectivity index (χ4n) is 2.64. The Morgan fingerprint density at radius 2 is 1.82 bits per heavy atom. The van der Waals surface area contributed by atoms with Crippen molar-refractivity contribution in [1.29, 1.82) is 0 Å². The molecule has 4 rings (SSSR count). The normalized spacial score (nSPS) is 23.9. The van der Waals surface area contributed by atoms with Crippen LogP contribution in [0.5, 0.6) is 0 Å². The van der Waals surface area contributed by atoms with E-state index in [1.54, 1.807) is 11.3 Å². The number of fused-ring (bicyclic) bond motifs is 1. The van der Waals surface area contributed by atoms with Gasteiger partial charge in [-0.3, -0.25) is 0 Å². The lowest BCUT2D eigenvalue weighted by Gasteiger charge is -2.32. The molecule has 1 aromatic carbocycles. The summed E-state index contributed by atoms with van der Waals surface area (Å²) >= 11 is 1.76. The van der Waals surface area contributed by atoms with Crippen molar-refractivity contribution < 1.29 is 14.0 Å². The Labute approximate surface area is 134 Å². The fraction of sp³-hybridized carbons (Fsp3) is 0.562. The van der Waals surface area contributed by atoms with Gasteiger partial charge in [0.05, 0.1) is 40.6 Å². The van der Waals surface area contributed by atoms with Gasteiger partial charge >= 0.3 is 7.12 Å². The van der Waals surface area contributed by atoms with Gasteiger partial charge in [-0.15, -0.1) is 11.3 Å². The monoisotopic (exact) mass is 317 g/mol. The molecular weight excluding hydrogens is 297 g/mol. The van der Waals surface area contributed by atoms with Gasteiger partial charge in [-0.2, -0.15) is 0 Å². The zero-order valence-corrected chi connectivity index (χ0v) is 14.2. The molecule has 2 saturated heterocycles. The highest BCUT2D eigenvalue weighted by molar-refractivity contribution is 7.18. The van der Waals surface area contributed by atoms with Crippen molar-refractivity contribution in [3.8, 4) is 0 Å². The molecule has 0 bridgehead atoms. The molecule has 0 amide bonds. The van der Waals surface area contributed by atoms with E-state index in [0.29, 0.717) is 5.92 Å². The van der Waals surface area contributed by atoms with Crippen LogP contribution in [0.25, 0.3) is 10.2 Å².